The molecule has 2 amide bonds. The molecule has 0 aliphatic heterocycles. The number of carbonyl (C=O) groups is 3. The van der Waals surface area contributed by atoms with Gasteiger partial charge >= 0.3 is 5.97 Å². The van der Waals surface area contributed by atoms with Gasteiger partial charge in [0.1, 0.15) is 6.61 Å². The molecular weight excluding hydrogens is 552 g/mol. The molecule has 3 rings (SSSR count). The Morgan fingerprint density at radius 3 is 2.05 bits per heavy atom. The molecule has 7 nitrogen and oxygen atoms in total. The molecule has 7 heteroatoms. The first kappa shape index (κ1) is 34.0. The second kappa shape index (κ2) is 18.9. The minimum Gasteiger partial charge on any atom is -0.463 e. The molecule has 0 saturated heterocycles. The number of allylic oxidation sites excluding steroid dienone is 2. The smallest absolute Gasteiger partial charge is 0.309 e. The zero-order valence-electron chi connectivity index (χ0n) is 25.4. The Balaban J connectivity index is 1.71. The number of nitrogens with one attached hydrogen (secondary N) is 1. The number of aliphatic hydroxyl groups excluding tert-OH is 1. The van der Waals surface area contributed by atoms with Crippen LogP contribution in [0.15, 0.2) is 116 Å². The van der Waals surface area contributed by atoms with Crippen molar-refractivity contribution >= 4 is 17.8 Å². The van der Waals surface area contributed by atoms with Gasteiger partial charge in [-0.3, -0.25) is 14.4 Å². The van der Waals surface area contributed by atoms with Gasteiger partial charge in [-0.05, 0) is 42.4 Å². The second-order valence-corrected chi connectivity index (χ2v) is 10.8. The van der Waals surface area contributed by atoms with Crippen molar-refractivity contribution in [1.29, 1.82) is 0 Å². The third-order valence-electron chi connectivity index (χ3n) is 7.47. The van der Waals surface area contributed by atoms with E-state index in [-0.39, 0.29) is 56.3 Å². The van der Waals surface area contributed by atoms with Crippen LogP contribution in [0.25, 0.3) is 0 Å². The van der Waals surface area contributed by atoms with Crippen LogP contribution in [0, 0.1) is 11.8 Å². The molecule has 0 bridgehead atoms. The number of carbonyl (C=O) groups excluding carboxylic acids is 3. The van der Waals surface area contributed by atoms with E-state index in [1.54, 1.807) is 17.1 Å². The van der Waals surface area contributed by atoms with E-state index < -0.39 is 12.0 Å². The first-order chi connectivity index (χ1) is 21.4. The molecule has 0 fully saturated rings. The summed E-state index contributed by atoms with van der Waals surface area (Å²) < 4.78 is 5.84. The van der Waals surface area contributed by atoms with Crippen LogP contribution in [0.1, 0.15) is 48.4 Å². The van der Waals surface area contributed by atoms with Crippen LogP contribution < -0.4 is 5.32 Å². The molecule has 2 N–H and O–H groups in total. The summed E-state index contributed by atoms with van der Waals surface area (Å²) in [7, 11) is 0. The average molecular weight is 597 g/mol. The minimum atomic E-state index is -0.683. The fraction of sp³-hybridized carbons (Fsp3) is 0.324. The number of amides is 2. The lowest BCUT2D eigenvalue weighted by molar-refractivity contribution is -0.150. The maximum absolute atomic E-state index is 13.6. The summed E-state index contributed by atoms with van der Waals surface area (Å²) in [6, 6.07) is 28.1. The van der Waals surface area contributed by atoms with Gasteiger partial charge in [0.05, 0.1) is 24.5 Å². The van der Waals surface area contributed by atoms with E-state index in [4.69, 9.17) is 4.74 Å². The predicted molar refractivity (Wildman–Crippen MR) is 173 cm³/mol. The molecule has 0 spiro atoms. The molecule has 44 heavy (non-hydrogen) atoms. The van der Waals surface area contributed by atoms with Crippen molar-refractivity contribution in [2.45, 2.75) is 44.7 Å². The van der Waals surface area contributed by atoms with Gasteiger partial charge in [-0.25, -0.2) is 0 Å². The van der Waals surface area contributed by atoms with Gasteiger partial charge in [0.2, 0.25) is 11.8 Å². The monoisotopic (exact) mass is 596 g/mol. The van der Waals surface area contributed by atoms with E-state index in [0.717, 1.165) is 16.7 Å². The van der Waals surface area contributed by atoms with Crippen molar-refractivity contribution < 1.29 is 24.2 Å². The van der Waals surface area contributed by atoms with E-state index >= 15 is 0 Å². The van der Waals surface area contributed by atoms with E-state index in [1.807, 2.05) is 91.0 Å². The first-order valence-electron chi connectivity index (χ1n) is 15.1. The fourth-order valence-electron chi connectivity index (χ4n) is 5.04. The highest BCUT2D eigenvalue weighted by atomic mass is 16.5. The number of hydrogen-bond acceptors (Lipinski definition) is 5. The summed E-state index contributed by atoms with van der Waals surface area (Å²) >= 11 is 0. The molecule has 3 atom stereocenters. The highest BCUT2D eigenvalue weighted by Crippen LogP contribution is 2.21. The lowest BCUT2D eigenvalue weighted by atomic mass is 9.94. The molecule has 0 heterocycles. The molecule has 0 unspecified atom stereocenters. The van der Waals surface area contributed by atoms with Crippen LogP contribution in [-0.2, 0) is 32.1 Å². The number of benzene rings is 3. The highest BCUT2D eigenvalue weighted by Gasteiger charge is 2.28. The normalized spacial score (nSPS) is 12.8. The Bertz CT molecular complexity index is 1310. The van der Waals surface area contributed by atoms with Gasteiger partial charge in [-0.2, -0.15) is 0 Å². The number of rotatable bonds is 19. The lowest BCUT2D eigenvalue weighted by Gasteiger charge is -2.26. The van der Waals surface area contributed by atoms with Crippen molar-refractivity contribution in [2.75, 3.05) is 19.8 Å². The maximum Gasteiger partial charge on any atom is 0.309 e. The van der Waals surface area contributed by atoms with Crippen LogP contribution in [0.5, 0.6) is 0 Å². The van der Waals surface area contributed by atoms with Crippen molar-refractivity contribution in [1.82, 2.24) is 10.2 Å². The molecule has 232 valence electrons. The van der Waals surface area contributed by atoms with Gasteiger partial charge in [-0.1, -0.05) is 103 Å². The summed E-state index contributed by atoms with van der Waals surface area (Å²) in [4.78, 5) is 41.8. The third kappa shape index (κ3) is 11.3. The Kier molecular flexibility index (Phi) is 14.6. The summed E-state index contributed by atoms with van der Waals surface area (Å²) in [5.74, 6) is -1.93. The molecule has 0 saturated carbocycles. The Labute approximate surface area is 261 Å². The van der Waals surface area contributed by atoms with Crippen LogP contribution in [0.4, 0.5) is 0 Å². The molecule has 3 aromatic rings. The van der Waals surface area contributed by atoms with E-state index in [1.165, 1.54) is 0 Å². The van der Waals surface area contributed by atoms with Crippen LogP contribution in [-0.4, -0.2) is 47.5 Å². The molecule has 0 radical (unpaired) electrons. The standard InChI is InChI=1S/C37H44N2O5/c1-3-5-20-33(25-29-16-9-6-10-17-29)37(43)44-28-34(31-21-13-8-14-22-31)38-36(42)32(15-4-2)26-35(41)39(23-24-40)27-30-18-11-7-12-19-30/h3-4,6-14,16-19,21-22,32-34,40H,1-2,5,15,20,23-28H2,(H,38,42)/t32-,33+,34+/m0/s1. The van der Waals surface area contributed by atoms with Crippen molar-refractivity contribution in [2.24, 2.45) is 11.8 Å². The number of nitrogens with zero attached hydrogens (tertiary/aromatic N) is 1. The Morgan fingerprint density at radius 2 is 1.45 bits per heavy atom. The molecule has 0 aliphatic carbocycles. The zero-order chi connectivity index (χ0) is 31.6. The molecule has 3 aromatic carbocycles. The Hall–Kier alpha value is -4.49. The second-order valence-electron chi connectivity index (χ2n) is 10.8. The molecular formula is C37H44N2O5. The SMILES string of the molecule is C=CCC[C@H](Cc1ccccc1)C(=O)OC[C@@H](NC(=O)[C@@H](CC=C)CC(=O)N(CCO)Cc1ccccc1)c1ccccc1. The Morgan fingerprint density at radius 1 is 0.841 bits per heavy atom. The van der Waals surface area contributed by atoms with Crippen molar-refractivity contribution in [3.05, 3.63) is 133 Å². The topological polar surface area (TPSA) is 95.9 Å². The minimum absolute atomic E-state index is 0.0482. The van der Waals surface area contributed by atoms with Gasteiger partial charge in [0.15, 0.2) is 0 Å². The first-order valence-corrected chi connectivity index (χ1v) is 15.1. The molecule has 0 aliphatic rings. The zero-order valence-corrected chi connectivity index (χ0v) is 25.4. The lowest BCUT2D eigenvalue weighted by Crippen LogP contribution is -2.40. The highest BCUT2D eigenvalue weighted by molar-refractivity contribution is 5.86. The van der Waals surface area contributed by atoms with Crippen LogP contribution >= 0.6 is 0 Å². The van der Waals surface area contributed by atoms with Gasteiger partial charge in [0.25, 0.3) is 0 Å². The van der Waals surface area contributed by atoms with Crippen molar-refractivity contribution in [3.63, 3.8) is 0 Å². The quantitative estimate of drug-likeness (QED) is 0.134. The van der Waals surface area contributed by atoms with Crippen molar-refractivity contribution in [3.8, 4) is 0 Å². The number of esters is 1. The predicted octanol–water partition coefficient (Wildman–Crippen LogP) is 5.82. The van der Waals surface area contributed by atoms with Gasteiger partial charge < -0.3 is 20.1 Å². The third-order valence-corrected chi connectivity index (χ3v) is 7.47. The summed E-state index contributed by atoms with van der Waals surface area (Å²) in [5.41, 5.74) is 2.77. The number of ether oxygens (including phenoxy) is 1. The van der Waals surface area contributed by atoms with E-state index in [0.29, 0.717) is 25.8 Å². The van der Waals surface area contributed by atoms with Gasteiger partial charge in [-0.15, -0.1) is 13.2 Å². The van der Waals surface area contributed by atoms with Crippen LogP contribution in [0.2, 0.25) is 0 Å². The largest absolute Gasteiger partial charge is 0.463 e. The van der Waals surface area contributed by atoms with Crippen LogP contribution in [0.3, 0.4) is 0 Å². The van der Waals surface area contributed by atoms with E-state index in [2.05, 4.69) is 18.5 Å². The summed E-state index contributed by atoms with van der Waals surface area (Å²) in [5, 5.41) is 12.6. The fourth-order valence-corrected chi connectivity index (χ4v) is 5.04. The van der Waals surface area contributed by atoms with Gasteiger partial charge in [0, 0.05) is 19.5 Å². The number of hydrogen-bond donors (Lipinski definition) is 2. The van der Waals surface area contributed by atoms with E-state index in [9.17, 15) is 19.5 Å². The average Bonchev–Trinajstić information content (AvgIpc) is 3.05. The summed E-state index contributed by atoms with van der Waals surface area (Å²) in [6.45, 7) is 7.85. The number of aliphatic hydroxyl groups is 1. The maximum atomic E-state index is 13.6. The summed E-state index contributed by atoms with van der Waals surface area (Å²) in [6.07, 6.45) is 5.49. The molecule has 0 aromatic heterocycles.